The number of nitrogens with zero attached hydrogens (tertiary/aromatic N) is 1. The van der Waals surface area contributed by atoms with Gasteiger partial charge in [0.2, 0.25) is 0 Å². The highest BCUT2D eigenvalue weighted by molar-refractivity contribution is 4.87. The van der Waals surface area contributed by atoms with Crippen molar-refractivity contribution in [1.82, 2.24) is 10.2 Å². The fourth-order valence-electron chi connectivity index (χ4n) is 2.38. The van der Waals surface area contributed by atoms with Gasteiger partial charge in [-0.3, -0.25) is 0 Å². The van der Waals surface area contributed by atoms with Gasteiger partial charge in [-0.15, -0.1) is 0 Å². The molecule has 3 nitrogen and oxygen atoms in total. The molecule has 1 saturated heterocycles. The van der Waals surface area contributed by atoms with Crippen molar-refractivity contribution in [3.63, 3.8) is 0 Å². The van der Waals surface area contributed by atoms with Gasteiger partial charge in [-0.05, 0) is 32.7 Å². The van der Waals surface area contributed by atoms with E-state index in [1.165, 1.54) is 6.42 Å². The minimum atomic E-state index is 0.254. The second-order valence-electron chi connectivity index (χ2n) is 5.06. The van der Waals surface area contributed by atoms with Gasteiger partial charge >= 0.3 is 0 Å². The Morgan fingerprint density at radius 1 is 1.47 bits per heavy atom. The highest BCUT2D eigenvalue weighted by Crippen LogP contribution is 2.21. The second-order valence-corrected chi connectivity index (χ2v) is 5.06. The molecule has 1 heterocycles. The van der Waals surface area contributed by atoms with Gasteiger partial charge in [-0.25, -0.2) is 0 Å². The van der Waals surface area contributed by atoms with E-state index < -0.39 is 0 Å². The Labute approximate surface area is 93.9 Å². The lowest BCUT2D eigenvalue weighted by Gasteiger charge is -2.41. The van der Waals surface area contributed by atoms with Gasteiger partial charge in [0.05, 0.1) is 6.61 Å². The van der Waals surface area contributed by atoms with Gasteiger partial charge < -0.3 is 15.3 Å². The molecule has 0 unspecified atom stereocenters. The Bertz CT molecular complexity index is 182. The number of hydrogen-bond acceptors (Lipinski definition) is 3. The highest BCUT2D eigenvalue weighted by atomic mass is 16.3. The molecule has 90 valence electrons. The molecule has 0 aromatic carbocycles. The normalized spacial score (nSPS) is 35.4. The first kappa shape index (κ1) is 12.9. The number of piperidine rings is 1. The van der Waals surface area contributed by atoms with Crippen LogP contribution in [0.3, 0.4) is 0 Å². The van der Waals surface area contributed by atoms with E-state index in [1.54, 1.807) is 0 Å². The molecule has 0 aromatic heterocycles. The van der Waals surface area contributed by atoms with Crippen molar-refractivity contribution in [2.75, 3.05) is 20.2 Å². The van der Waals surface area contributed by atoms with Crippen LogP contribution in [0, 0.1) is 5.92 Å². The summed E-state index contributed by atoms with van der Waals surface area (Å²) in [5.41, 5.74) is 0. The third kappa shape index (κ3) is 3.44. The standard InChI is InChI=1S/C12H26N2O/c1-5-11(8-15)13-12-6-10(3)14(4)7-9(12)2/h9-13,15H,5-8H2,1-4H3/t9-,10+,11+,12+/m0/s1. The van der Waals surface area contributed by atoms with Crippen LogP contribution in [-0.4, -0.2) is 48.3 Å². The average molecular weight is 214 g/mol. The third-order valence-electron chi connectivity index (χ3n) is 3.77. The zero-order valence-electron chi connectivity index (χ0n) is 10.5. The molecule has 15 heavy (non-hydrogen) atoms. The number of aliphatic hydroxyl groups is 1. The molecule has 0 aliphatic carbocycles. The molecule has 0 aromatic rings. The zero-order chi connectivity index (χ0) is 11.4. The lowest BCUT2D eigenvalue weighted by atomic mass is 9.89. The fourth-order valence-corrected chi connectivity index (χ4v) is 2.38. The van der Waals surface area contributed by atoms with Crippen LogP contribution in [0.25, 0.3) is 0 Å². The summed E-state index contributed by atoms with van der Waals surface area (Å²) in [4.78, 5) is 2.42. The number of nitrogens with one attached hydrogen (secondary N) is 1. The van der Waals surface area contributed by atoms with E-state index in [1.807, 2.05) is 0 Å². The minimum Gasteiger partial charge on any atom is -0.395 e. The van der Waals surface area contributed by atoms with Crippen molar-refractivity contribution in [2.45, 2.75) is 51.7 Å². The Balaban J connectivity index is 2.47. The maximum Gasteiger partial charge on any atom is 0.0584 e. The Hall–Kier alpha value is -0.120. The first-order valence-corrected chi connectivity index (χ1v) is 6.15. The van der Waals surface area contributed by atoms with E-state index in [2.05, 4.69) is 38.0 Å². The molecule has 3 heteroatoms. The van der Waals surface area contributed by atoms with E-state index in [9.17, 15) is 5.11 Å². The average Bonchev–Trinajstić information content (AvgIpc) is 2.21. The number of likely N-dealkylation sites (tertiary alicyclic amines) is 1. The molecular weight excluding hydrogens is 188 g/mol. The molecule has 0 radical (unpaired) electrons. The van der Waals surface area contributed by atoms with E-state index in [4.69, 9.17) is 0 Å². The summed E-state index contributed by atoms with van der Waals surface area (Å²) in [6, 6.07) is 1.48. The highest BCUT2D eigenvalue weighted by Gasteiger charge is 2.29. The molecule has 1 fully saturated rings. The van der Waals surface area contributed by atoms with Gasteiger partial charge in [0.15, 0.2) is 0 Å². The number of aliphatic hydroxyl groups excluding tert-OH is 1. The summed E-state index contributed by atoms with van der Waals surface area (Å²) in [5.74, 6) is 0.673. The predicted octanol–water partition coefficient (Wildman–Crippen LogP) is 1.08. The van der Waals surface area contributed by atoms with Crippen LogP contribution in [0.2, 0.25) is 0 Å². The largest absolute Gasteiger partial charge is 0.395 e. The summed E-state index contributed by atoms with van der Waals surface area (Å²) >= 11 is 0. The van der Waals surface area contributed by atoms with E-state index in [-0.39, 0.29) is 12.6 Å². The van der Waals surface area contributed by atoms with Gasteiger partial charge in [-0.2, -0.15) is 0 Å². The van der Waals surface area contributed by atoms with Gasteiger partial charge in [0, 0.05) is 24.7 Å². The first-order valence-electron chi connectivity index (χ1n) is 6.15. The molecule has 0 spiro atoms. The molecule has 1 rings (SSSR count). The van der Waals surface area contributed by atoms with Gasteiger partial charge in [-0.1, -0.05) is 13.8 Å². The van der Waals surface area contributed by atoms with E-state index in [0.29, 0.717) is 18.0 Å². The second kappa shape index (κ2) is 5.83. The molecule has 2 N–H and O–H groups in total. The van der Waals surface area contributed by atoms with Crippen molar-refractivity contribution in [1.29, 1.82) is 0 Å². The van der Waals surface area contributed by atoms with E-state index in [0.717, 1.165) is 13.0 Å². The van der Waals surface area contributed by atoms with Crippen molar-refractivity contribution in [2.24, 2.45) is 5.92 Å². The van der Waals surface area contributed by atoms with Crippen LogP contribution in [0.1, 0.15) is 33.6 Å². The smallest absolute Gasteiger partial charge is 0.0584 e. The maximum atomic E-state index is 9.19. The number of hydrogen-bond donors (Lipinski definition) is 2. The summed E-state index contributed by atoms with van der Waals surface area (Å²) in [6.45, 7) is 8.10. The van der Waals surface area contributed by atoms with Crippen LogP contribution in [-0.2, 0) is 0 Å². The van der Waals surface area contributed by atoms with Gasteiger partial charge in [0.25, 0.3) is 0 Å². The quantitative estimate of drug-likeness (QED) is 0.735. The lowest BCUT2D eigenvalue weighted by Crippen LogP contribution is -2.53. The third-order valence-corrected chi connectivity index (χ3v) is 3.77. The van der Waals surface area contributed by atoms with Crippen molar-refractivity contribution in [3.8, 4) is 0 Å². The molecule has 4 atom stereocenters. The maximum absolute atomic E-state index is 9.19. The molecule has 1 aliphatic heterocycles. The van der Waals surface area contributed by atoms with Crippen LogP contribution in [0.4, 0.5) is 0 Å². The van der Waals surface area contributed by atoms with Crippen LogP contribution < -0.4 is 5.32 Å². The van der Waals surface area contributed by atoms with Crippen molar-refractivity contribution >= 4 is 0 Å². The van der Waals surface area contributed by atoms with Crippen molar-refractivity contribution < 1.29 is 5.11 Å². The molecular formula is C12H26N2O. The van der Waals surface area contributed by atoms with Crippen LogP contribution in [0.5, 0.6) is 0 Å². The molecule has 0 saturated carbocycles. The minimum absolute atomic E-state index is 0.254. The monoisotopic (exact) mass is 214 g/mol. The summed E-state index contributed by atoms with van der Waals surface area (Å²) in [7, 11) is 2.20. The summed E-state index contributed by atoms with van der Waals surface area (Å²) < 4.78 is 0. The molecule has 0 bridgehead atoms. The summed E-state index contributed by atoms with van der Waals surface area (Å²) in [5, 5.41) is 12.8. The zero-order valence-corrected chi connectivity index (χ0v) is 10.5. The number of rotatable bonds is 4. The van der Waals surface area contributed by atoms with Crippen molar-refractivity contribution in [3.05, 3.63) is 0 Å². The lowest BCUT2D eigenvalue weighted by molar-refractivity contribution is 0.106. The van der Waals surface area contributed by atoms with Gasteiger partial charge in [0.1, 0.15) is 0 Å². The summed E-state index contributed by atoms with van der Waals surface area (Å²) in [6.07, 6.45) is 2.19. The molecule has 1 aliphatic rings. The molecule has 0 amide bonds. The van der Waals surface area contributed by atoms with Crippen LogP contribution in [0.15, 0.2) is 0 Å². The Morgan fingerprint density at radius 2 is 2.13 bits per heavy atom. The topological polar surface area (TPSA) is 35.5 Å². The first-order chi connectivity index (χ1) is 7.08. The predicted molar refractivity (Wildman–Crippen MR) is 64.0 cm³/mol. The van der Waals surface area contributed by atoms with E-state index >= 15 is 0 Å². The van der Waals surface area contributed by atoms with Crippen LogP contribution >= 0.6 is 0 Å². The fraction of sp³-hybridized carbons (Fsp3) is 1.00. The Kier molecular flexibility index (Phi) is 5.03. The Morgan fingerprint density at radius 3 is 2.67 bits per heavy atom. The SMILES string of the molecule is CC[C@H](CO)N[C@@H]1C[C@@H](C)N(C)C[C@@H]1C.